The van der Waals surface area contributed by atoms with Crippen molar-refractivity contribution in [3.8, 4) is 0 Å². The molecule has 2 rings (SSSR count). The van der Waals surface area contributed by atoms with Crippen LogP contribution >= 0.6 is 11.6 Å². The summed E-state index contributed by atoms with van der Waals surface area (Å²) in [4.78, 5) is 12.1. The van der Waals surface area contributed by atoms with Crippen LogP contribution in [-0.2, 0) is 0 Å². The number of aryl methyl sites for hydroxylation is 2. The highest BCUT2D eigenvalue weighted by molar-refractivity contribution is 6.28. The Kier molecular flexibility index (Phi) is 3.84. The van der Waals surface area contributed by atoms with Crippen LogP contribution in [0, 0.1) is 13.8 Å². The largest absolute Gasteiger partial charge is 0.361 e. The normalized spacial score (nSPS) is 12.3. The number of anilines is 2. The average molecular weight is 283 g/mol. The van der Waals surface area contributed by atoms with Gasteiger partial charge >= 0.3 is 0 Å². The van der Waals surface area contributed by atoms with Crippen molar-refractivity contribution in [3.63, 3.8) is 0 Å². The number of hydrogen-bond acceptors (Lipinski definition) is 7. The van der Waals surface area contributed by atoms with Crippen LogP contribution in [0.15, 0.2) is 4.52 Å². The lowest BCUT2D eigenvalue weighted by molar-refractivity contribution is 0.392. The molecule has 0 aliphatic carbocycles. The first-order valence-electron chi connectivity index (χ1n) is 5.80. The van der Waals surface area contributed by atoms with Gasteiger partial charge in [-0.2, -0.15) is 15.0 Å². The Hall–Kier alpha value is -1.89. The lowest BCUT2D eigenvalue weighted by Gasteiger charge is -2.14. The summed E-state index contributed by atoms with van der Waals surface area (Å²) in [7, 11) is 1.72. The van der Waals surface area contributed by atoms with Crippen molar-refractivity contribution in [3.05, 3.63) is 22.3 Å². The van der Waals surface area contributed by atoms with E-state index in [1.807, 2.05) is 20.8 Å². The van der Waals surface area contributed by atoms with Crippen molar-refractivity contribution in [2.45, 2.75) is 26.8 Å². The molecule has 0 saturated heterocycles. The second-order valence-electron chi connectivity index (χ2n) is 4.11. The Bertz CT molecular complexity index is 565. The third kappa shape index (κ3) is 2.93. The maximum Gasteiger partial charge on any atom is 0.229 e. The number of nitrogens with one attached hydrogen (secondary N) is 2. The molecule has 0 radical (unpaired) electrons. The third-order valence-corrected chi connectivity index (χ3v) is 2.87. The van der Waals surface area contributed by atoms with E-state index in [2.05, 4.69) is 30.7 Å². The van der Waals surface area contributed by atoms with Crippen LogP contribution in [0.4, 0.5) is 11.9 Å². The Balaban J connectivity index is 2.24. The van der Waals surface area contributed by atoms with Crippen LogP contribution in [0.25, 0.3) is 0 Å². The molecule has 0 fully saturated rings. The van der Waals surface area contributed by atoms with Gasteiger partial charge in [-0.05, 0) is 32.4 Å². The fourth-order valence-electron chi connectivity index (χ4n) is 1.90. The summed E-state index contributed by atoms with van der Waals surface area (Å²) in [6.45, 7) is 5.74. The van der Waals surface area contributed by atoms with Crippen molar-refractivity contribution in [1.29, 1.82) is 0 Å². The second-order valence-corrected chi connectivity index (χ2v) is 4.44. The number of hydrogen-bond donors (Lipinski definition) is 2. The van der Waals surface area contributed by atoms with Crippen molar-refractivity contribution in [2.24, 2.45) is 0 Å². The maximum atomic E-state index is 5.83. The first kappa shape index (κ1) is 13.5. The second kappa shape index (κ2) is 5.40. The van der Waals surface area contributed by atoms with Crippen LogP contribution in [0.5, 0.6) is 0 Å². The topological polar surface area (TPSA) is 88.8 Å². The lowest BCUT2D eigenvalue weighted by Crippen LogP contribution is -2.12. The minimum absolute atomic E-state index is 0.0468. The molecule has 2 aromatic rings. The predicted molar refractivity (Wildman–Crippen MR) is 72.4 cm³/mol. The van der Waals surface area contributed by atoms with Gasteiger partial charge in [0, 0.05) is 12.6 Å². The van der Waals surface area contributed by atoms with Crippen LogP contribution < -0.4 is 10.6 Å². The fraction of sp³-hybridized carbons (Fsp3) is 0.455. The minimum atomic E-state index is -0.0468. The SMILES string of the molecule is CNc1nc(Cl)nc(NC(C)c2c(C)noc2C)n1. The van der Waals surface area contributed by atoms with Crippen molar-refractivity contribution >= 4 is 23.5 Å². The first-order chi connectivity index (χ1) is 9.01. The highest BCUT2D eigenvalue weighted by Crippen LogP contribution is 2.24. The monoisotopic (exact) mass is 282 g/mol. The predicted octanol–water partition coefficient (Wildman–Crippen LogP) is 2.34. The molecular weight excluding hydrogens is 268 g/mol. The molecular formula is C11H15ClN6O. The standard InChI is InChI=1S/C11H15ClN6O/c1-5(8-6(2)18-19-7(8)3)14-11-16-9(12)15-10(13-4)17-11/h5H,1-4H3,(H2,13,14,15,16,17). The zero-order chi connectivity index (χ0) is 14.0. The number of nitrogens with zero attached hydrogens (tertiary/aromatic N) is 4. The van der Waals surface area contributed by atoms with E-state index < -0.39 is 0 Å². The molecule has 0 aliphatic rings. The van der Waals surface area contributed by atoms with Crippen molar-refractivity contribution in [1.82, 2.24) is 20.1 Å². The van der Waals surface area contributed by atoms with Crippen LogP contribution in [0.2, 0.25) is 5.28 Å². The maximum absolute atomic E-state index is 5.83. The van der Waals surface area contributed by atoms with E-state index in [0.717, 1.165) is 17.0 Å². The molecule has 2 heterocycles. The molecule has 1 unspecified atom stereocenters. The first-order valence-corrected chi connectivity index (χ1v) is 6.17. The molecule has 0 amide bonds. The van der Waals surface area contributed by atoms with Gasteiger partial charge in [-0.1, -0.05) is 5.16 Å². The quantitative estimate of drug-likeness (QED) is 0.889. The summed E-state index contributed by atoms with van der Waals surface area (Å²) in [5.41, 5.74) is 1.83. The molecule has 0 saturated carbocycles. The zero-order valence-electron chi connectivity index (χ0n) is 11.2. The molecule has 8 heteroatoms. The fourth-order valence-corrected chi connectivity index (χ4v) is 2.06. The Morgan fingerprint density at radius 2 is 1.84 bits per heavy atom. The summed E-state index contributed by atoms with van der Waals surface area (Å²) < 4.78 is 5.14. The minimum Gasteiger partial charge on any atom is -0.361 e. The highest BCUT2D eigenvalue weighted by atomic mass is 35.5. The van der Waals surface area contributed by atoms with Gasteiger partial charge in [-0.3, -0.25) is 0 Å². The van der Waals surface area contributed by atoms with E-state index in [1.165, 1.54) is 0 Å². The molecule has 19 heavy (non-hydrogen) atoms. The third-order valence-electron chi connectivity index (χ3n) is 2.70. The van der Waals surface area contributed by atoms with E-state index >= 15 is 0 Å². The molecule has 7 nitrogen and oxygen atoms in total. The van der Waals surface area contributed by atoms with E-state index in [9.17, 15) is 0 Å². The number of rotatable bonds is 4. The van der Waals surface area contributed by atoms with Gasteiger partial charge in [-0.25, -0.2) is 0 Å². The van der Waals surface area contributed by atoms with Crippen LogP contribution in [-0.4, -0.2) is 27.2 Å². The number of halogens is 1. The van der Waals surface area contributed by atoms with Gasteiger partial charge in [-0.15, -0.1) is 0 Å². The van der Waals surface area contributed by atoms with Gasteiger partial charge in [0.25, 0.3) is 0 Å². The van der Waals surface area contributed by atoms with E-state index in [-0.39, 0.29) is 11.3 Å². The molecule has 1 atom stereocenters. The zero-order valence-corrected chi connectivity index (χ0v) is 11.9. The number of aromatic nitrogens is 4. The summed E-state index contributed by atoms with van der Waals surface area (Å²) in [5, 5.41) is 10.0. The van der Waals surface area contributed by atoms with E-state index in [1.54, 1.807) is 7.05 Å². The molecule has 2 aromatic heterocycles. The summed E-state index contributed by atoms with van der Waals surface area (Å²) in [6.07, 6.45) is 0. The summed E-state index contributed by atoms with van der Waals surface area (Å²) in [5.74, 6) is 1.58. The molecule has 0 spiro atoms. The Morgan fingerprint density at radius 3 is 2.42 bits per heavy atom. The van der Waals surface area contributed by atoms with Crippen molar-refractivity contribution in [2.75, 3.05) is 17.7 Å². The van der Waals surface area contributed by atoms with Crippen LogP contribution in [0.3, 0.4) is 0 Å². The molecule has 2 N–H and O–H groups in total. The summed E-state index contributed by atoms with van der Waals surface area (Å²) in [6, 6.07) is -0.0468. The Morgan fingerprint density at radius 1 is 1.16 bits per heavy atom. The van der Waals surface area contributed by atoms with Crippen molar-refractivity contribution < 1.29 is 4.52 Å². The Labute approximate surface area is 115 Å². The molecule has 0 bridgehead atoms. The van der Waals surface area contributed by atoms with Gasteiger partial charge in [0.2, 0.25) is 17.2 Å². The molecule has 102 valence electrons. The van der Waals surface area contributed by atoms with E-state index in [4.69, 9.17) is 16.1 Å². The summed E-state index contributed by atoms with van der Waals surface area (Å²) >= 11 is 5.83. The smallest absolute Gasteiger partial charge is 0.229 e. The molecule has 0 aliphatic heterocycles. The van der Waals surface area contributed by atoms with Gasteiger partial charge in [0.05, 0.1) is 11.7 Å². The average Bonchev–Trinajstić information content (AvgIpc) is 2.68. The van der Waals surface area contributed by atoms with Gasteiger partial charge < -0.3 is 15.2 Å². The van der Waals surface area contributed by atoms with Crippen LogP contribution in [0.1, 0.15) is 30.0 Å². The lowest BCUT2D eigenvalue weighted by atomic mass is 10.1. The molecule has 0 aromatic carbocycles. The highest BCUT2D eigenvalue weighted by Gasteiger charge is 2.17. The van der Waals surface area contributed by atoms with Gasteiger partial charge in [0.15, 0.2) is 0 Å². The van der Waals surface area contributed by atoms with E-state index in [0.29, 0.717) is 11.9 Å². The van der Waals surface area contributed by atoms with Gasteiger partial charge in [0.1, 0.15) is 5.76 Å².